The number of aliphatic hydroxyl groups is 1. The van der Waals surface area contributed by atoms with Crippen LogP contribution in [-0.4, -0.2) is 59.1 Å². The number of nitrogens with one attached hydrogen (secondary N) is 1. The highest BCUT2D eigenvalue weighted by atomic mass is 16.5. The summed E-state index contributed by atoms with van der Waals surface area (Å²) in [6.07, 6.45) is 5.81. The zero-order valence-corrected chi connectivity index (χ0v) is 18.3. The third-order valence-corrected chi connectivity index (χ3v) is 5.72. The number of carbonyl (C=O) groups is 3. The lowest BCUT2D eigenvalue weighted by Gasteiger charge is -2.34. The Kier molecular flexibility index (Phi) is 7.86. The van der Waals surface area contributed by atoms with E-state index >= 15 is 0 Å². The molecule has 7 heteroatoms. The average molecular weight is 409 g/mol. The summed E-state index contributed by atoms with van der Waals surface area (Å²) in [5, 5.41) is 12.1. The Bertz CT molecular complexity index is 640. The van der Waals surface area contributed by atoms with E-state index < -0.39 is 23.4 Å². The van der Waals surface area contributed by atoms with Crippen LogP contribution >= 0.6 is 0 Å². The van der Waals surface area contributed by atoms with Crippen LogP contribution in [0, 0.1) is 23.7 Å². The third-order valence-electron chi connectivity index (χ3n) is 5.72. The topological polar surface area (TPSA) is 95.9 Å². The van der Waals surface area contributed by atoms with Crippen molar-refractivity contribution in [2.45, 2.75) is 65.5 Å². The van der Waals surface area contributed by atoms with Gasteiger partial charge in [-0.2, -0.15) is 0 Å². The molecule has 5 atom stereocenters. The zero-order valence-electron chi connectivity index (χ0n) is 18.3. The van der Waals surface area contributed by atoms with Gasteiger partial charge in [-0.25, -0.2) is 0 Å². The lowest BCUT2D eigenvalue weighted by atomic mass is 9.69. The molecule has 0 aromatic rings. The Morgan fingerprint density at radius 1 is 1.21 bits per heavy atom. The van der Waals surface area contributed by atoms with E-state index in [1.807, 2.05) is 39.8 Å². The van der Waals surface area contributed by atoms with Crippen molar-refractivity contribution >= 4 is 17.8 Å². The Labute approximate surface area is 173 Å². The van der Waals surface area contributed by atoms with Gasteiger partial charge in [0.2, 0.25) is 11.8 Å². The van der Waals surface area contributed by atoms with Gasteiger partial charge < -0.3 is 20.1 Å². The fourth-order valence-corrected chi connectivity index (χ4v) is 4.53. The van der Waals surface area contributed by atoms with Gasteiger partial charge in [0.15, 0.2) is 0 Å². The van der Waals surface area contributed by atoms with Crippen molar-refractivity contribution in [1.82, 2.24) is 10.2 Å². The summed E-state index contributed by atoms with van der Waals surface area (Å²) in [4.78, 5) is 41.0. The summed E-state index contributed by atoms with van der Waals surface area (Å²) < 4.78 is 5.30. The summed E-state index contributed by atoms with van der Waals surface area (Å²) in [6.45, 7) is 10.1. The predicted molar refractivity (Wildman–Crippen MR) is 110 cm³/mol. The summed E-state index contributed by atoms with van der Waals surface area (Å²) in [6, 6.07) is -0.656. The highest BCUT2D eigenvalue weighted by Gasteiger charge is 2.57. The van der Waals surface area contributed by atoms with E-state index in [4.69, 9.17) is 9.84 Å². The van der Waals surface area contributed by atoms with Gasteiger partial charge in [0.25, 0.3) is 0 Å². The second-order valence-corrected chi connectivity index (χ2v) is 8.98. The minimum Gasteiger partial charge on any atom is -0.466 e. The van der Waals surface area contributed by atoms with E-state index in [1.165, 1.54) is 0 Å². The summed E-state index contributed by atoms with van der Waals surface area (Å²) in [5.41, 5.74) is -0.431. The van der Waals surface area contributed by atoms with Gasteiger partial charge >= 0.3 is 5.97 Å². The molecule has 2 amide bonds. The molecule has 0 aromatic heterocycles. The number of likely N-dealkylation sites (tertiary alicyclic amines) is 1. The molecule has 29 heavy (non-hydrogen) atoms. The van der Waals surface area contributed by atoms with Crippen LogP contribution in [0.25, 0.3) is 0 Å². The molecule has 0 saturated carbocycles. The monoisotopic (exact) mass is 408 g/mol. The van der Waals surface area contributed by atoms with Crippen LogP contribution in [0.5, 0.6) is 0 Å². The van der Waals surface area contributed by atoms with Gasteiger partial charge in [0, 0.05) is 24.6 Å². The lowest BCUT2D eigenvalue weighted by Crippen LogP contribution is -2.52. The van der Waals surface area contributed by atoms with Crippen molar-refractivity contribution in [3.05, 3.63) is 12.2 Å². The second-order valence-electron chi connectivity index (χ2n) is 8.98. The number of rotatable bonds is 8. The Hall–Kier alpha value is -1.89. The molecule has 1 aliphatic heterocycles. The SMILES string of the molecule is CCOC(=O)[C@H]1[C@H]2C(=O)N(CCCCO)[C@H](C(=O)NC(C)(C)C)[C@H]2C=C[C@H]1CC. The first-order valence-electron chi connectivity index (χ1n) is 10.7. The quantitative estimate of drug-likeness (QED) is 0.363. The summed E-state index contributed by atoms with van der Waals surface area (Å²) in [5.74, 6) is -2.34. The summed E-state index contributed by atoms with van der Waals surface area (Å²) in [7, 11) is 0. The number of allylic oxidation sites excluding steroid dienone is 1. The Balaban J connectivity index is 2.41. The molecule has 2 rings (SSSR count). The molecule has 0 aromatic carbocycles. The number of amides is 2. The smallest absolute Gasteiger partial charge is 0.310 e. The lowest BCUT2D eigenvalue weighted by molar-refractivity contribution is -0.155. The van der Waals surface area contributed by atoms with Crippen molar-refractivity contribution in [2.75, 3.05) is 19.8 Å². The second kappa shape index (κ2) is 9.74. The van der Waals surface area contributed by atoms with Crippen molar-refractivity contribution in [3.63, 3.8) is 0 Å². The minimum atomic E-state index is -0.656. The zero-order chi connectivity index (χ0) is 21.8. The predicted octanol–water partition coefficient (Wildman–Crippen LogP) is 1.89. The van der Waals surface area contributed by atoms with Crippen LogP contribution in [0.4, 0.5) is 0 Å². The molecule has 1 heterocycles. The van der Waals surface area contributed by atoms with E-state index in [0.29, 0.717) is 19.4 Å². The maximum atomic E-state index is 13.4. The number of unbranched alkanes of at least 4 members (excludes halogenated alkanes) is 1. The van der Waals surface area contributed by atoms with Crippen LogP contribution < -0.4 is 5.32 Å². The first-order valence-corrected chi connectivity index (χ1v) is 10.7. The number of carbonyl (C=O) groups excluding carboxylic acids is 3. The van der Waals surface area contributed by atoms with Gasteiger partial charge in [-0.1, -0.05) is 19.1 Å². The van der Waals surface area contributed by atoms with E-state index in [9.17, 15) is 14.4 Å². The fourth-order valence-electron chi connectivity index (χ4n) is 4.53. The number of hydrogen-bond acceptors (Lipinski definition) is 5. The van der Waals surface area contributed by atoms with E-state index in [1.54, 1.807) is 11.8 Å². The molecule has 2 N–H and O–H groups in total. The van der Waals surface area contributed by atoms with E-state index in [0.717, 1.165) is 6.42 Å². The number of aliphatic hydroxyl groups excluding tert-OH is 1. The number of fused-ring (bicyclic) bond motifs is 1. The normalized spacial score (nSPS) is 29.0. The first-order chi connectivity index (χ1) is 13.7. The molecule has 0 spiro atoms. The van der Waals surface area contributed by atoms with Crippen molar-refractivity contribution < 1.29 is 24.2 Å². The number of esters is 1. The average Bonchev–Trinajstić information content (AvgIpc) is 2.92. The molecule has 0 radical (unpaired) electrons. The molecular weight excluding hydrogens is 372 g/mol. The van der Waals surface area contributed by atoms with Gasteiger partial charge in [-0.05, 0) is 52.9 Å². The van der Waals surface area contributed by atoms with Crippen LogP contribution in [0.2, 0.25) is 0 Å². The maximum Gasteiger partial charge on any atom is 0.310 e. The Morgan fingerprint density at radius 2 is 1.90 bits per heavy atom. The maximum absolute atomic E-state index is 13.4. The molecule has 0 unspecified atom stereocenters. The Morgan fingerprint density at radius 3 is 2.45 bits per heavy atom. The van der Waals surface area contributed by atoms with E-state index in [2.05, 4.69) is 5.32 Å². The number of nitrogens with zero attached hydrogens (tertiary/aromatic N) is 1. The number of ether oxygens (including phenoxy) is 1. The largest absolute Gasteiger partial charge is 0.466 e. The van der Waals surface area contributed by atoms with Crippen molar-refractivity contribution in [1.29, 1.82) is 0 Å². The molecule has 2 aliphatic rings. The van der Waals surface area contributed by atoms with Gasteiger partial charge in [-0.3, -0.25) is 14.4 Å². The van der Waals surface area contributed by atoms with Gasteiger partial charge in [0.1, 0.15) is 6.04 Å². The van der Waals surface area contributed by atoms with Crippen LogP contribution in [0.1, 0.15) is 53.9 Å². The molecule has 164 valence electrons. The number of hydrogen-bond donors (Lipinski definition) is 2. The molecule has 1 fully saturated rings. The highest BCUT2D eigenvalue weighted by Crippen LogP contribution is 2.45. The molecular formula is C22H36N2O5. The molecule has 7 nitrogen and oxygen atoms in total. The molecule has 1 saturated heterocycles. The minimum absolute atomic E-state index is 0.0387. The van der Waals surface area contributed by atoms with Gasteiger partial charge in [-0.15, -0.1) is 0 Å². The first kappa shape index (κ1) is 23.4. The van der Waals surface area contributed by atoms with Crippen molar-refractivity contribution in [3.8, 4) is 0 Å². The third kappa shape index (κ3) is 5.18. The summed E-state index contributed by atoms with van der Waals surface area (Å²) >= 11 is 0. The standard InChI is InChI=1S/C22H36N2O5/c1-6-14-10-11-15-17(16(14)21(28)29-7-2)20(27)24(12-8-9-13-25)18(15)19(26)23-22(3,4)5/h10-11,14-18,25H,6-9,12-13H2,1-5H3,(H,23,26)/t14-,15+,16-,17+,18+/m1/s1. The molecule has 1 aliphatic carbocycles. The van der Waals surface area contributed by atoms with Crippen LogP contribution in [0.3, 0.4) is 0 Å². The highest BCUT2D eigenvalue weighted by molar-refractivity contribution is 5.96. The van der Waals surface area contributed by atoms with Crippen molar-refractivity contribution in [2.24, 2.45) is 23.7 Å². The fraction of sp³-hybridized carbons (Fsp3) is 0.773. The van der Waals surface area contributed by atoms with E-state index in [-0.39, 0.29) is 42.8 Å². The molecule has 0 bridgehead atoms. The van der Waals surface area contributed by atoms with Crippen LogP contribution in [0.15, 0.2) is 12.2 Å². The van der Waals surface area contributed by atoms with Crippen LogP contribution in [-0.2, 0) is 19.1 Å². The van der Waals surface area contributed by atoms with Gasteiger partial charge in [0.05, 0.1) is 18.4 Å².